The van der Waals surface area contributed by atoms with E-state index in [0.717, 1.165) is 70.2 Å². The molecule has 1 saturated heterocycles. The number of nitriles is 1. The molecule has 44 heavy (non-hydrogen) atoms. The van der Waals surface area contributed by atoms with Gasteiger partial charge in [0.25, 0.3) is 0 Å². The summed E-state index contributed by atoms with van der Waals surface area (Å²) in [6.07, 6.45) is 1.17. The lowest BCUT2D eigenvalue weighted by molar-refractivity contribution is -0.00928. The fourth-order valence-electron chi connectivity index (χ4n) is 6.13. The zero-order valence-corrected chi connectivity index (χ0v) is 28.8. The van der Waals surface area contributed by atoms with Crippen LogP contribution in [0.2, 0.25) is 0 Å². The van der Waals surface area contributed by atoms with Crippen molar-refractivity contribution in [3.63, 3.8) is 0 Å². The zero-order chi connectivity index (χ0) is 31.5. The molecule has 0 aromatic heterocycles. The average molecular weight is 676 g/mol. The average Bonchev–Trinajstić information content (AvgIpc) is 3.03. The Bertz CT molecular complexity index is 1290. The number of anilines is 2. The van der Waals surface area contributed by atoms with Crippen molar-refractivity contribution in [2.75, 3.05) is 72.6 Å². The predicted molar refractivity (Wildman–Crippen MR) is 189 cm³/mol. The summed E-state index contributed by atoms with van der Waals surface area (Å²) in [5.74, 6) is 2.26. The molecule has 236 valence electrons. The molecule has 3 aromatic rings. The van der Waals surface area contributed by atoms with Crippen molar-refractivity contribution in [3.8, 4) is 6.07 Å². The highest BCUT2D eigenvalue weighted by atomic mass is 35.5. The number of rotatable bonds is 15. The standard InChI is InChI=1S/C35H43Cl4N5/c1-27-22-33(41(18-12-36)19-13-37)10-8-31(27)25-43-16-3-17-44(35(43)30-6-4-29(24-40)5-7-30)26-32-9-11-34(23-28(32)2)42(20-14-38)21-15-39/h4-11,22-23,35H,3,12-21,25-26H2,1-2H3. The third-order valence-corrected chi connectivity index (χ3v) is 9.14. The van der Waals surface area contributed by atoms with Gasteiger partial charge in [0.05, 0.1) is 17.8 Å². The van der Waals surface area contributed by atoms with Crippen LogP contribution in [0.4, 0.5) is 11.4 Å². The van der Waals surface area contributed by atoms with Crippen LogP contribution in [-0.4, -0.2) is 72.6 Å². The first-order valence-electron chi connectivity index (χ1n) is 15.3. The van der Waals surface area contributed by atoms with E-state index in [0.29, 0.717) is 29.1 Å². The number of hydrogen-bond acceptors (Lipinski definition) is 5. The Kier molecular flexibility index (Phi) is 13.8. The topological polar surface area (TPSA) is 36.8 Å². The molecular weight excluding hydrogens is 632 g/mol. The number of alkyl halides is 4. The minimum Gasteiger partial charge on any atom is -0.369 e. The van der Waals surface area contributed by atoms with E-state index in [-0.39, 0.29) is 6.17 Å². The molecule has 0 radical (unpaired) electrons. The highest BCUT2D eigenvalue weighted by molar-refractivity contribution is 6.19. The van der Waals surface area contributed by atoms with Gasteiger partial charge in [0.2, 0.25) is 0 Å². The highest BCUT2D eigenvalue weighted by Gasteiger charge is 2.31. The van der Waals surface area contributed by atoms with E-state index in [1.165, 1.54) is 27.8 Å². The number of nitrogens with zero attached hydrogens (tertiary/aromatic N) is 5. The van der Waals surface area contributed by atoms with Gasteiger partial charge in [-0.1, -0.05) is 24.3 Å². The molecule has 1 aliphatic rings. The van der Waals surface area contributed by atoms with Gasteiger partial charge in [-0.2, -0.15) is 5.26 Å². The van der Waals surface area contributed by atoms with Crippen molar-refractivity contribution in [3.05, 3.63) is 94.0 Å². The molecule has 0 spiro atoms. The van der Waals surface area contributed by atoms with Gasteiger partial charge in [-0.15, -0.1) is 46.4 Å². The van der Waals surface area contributed by atoms with Crippen molar-refractivity contribution in [1.82, 2.24) is 9.80 Å². The smallest absolute Gasteiger partial charge is 0.0991 e. The molecule has 0 saturated carbocycles. The molecular formula is C35H43Cl4N5. The predicted octanol–water partition coefficient (Wildman–Crippen LogP) is 8.15. The molecule has 0 amide bonds. The van der Waals surface area contributed by atoms with E-state index in [9.17, 15) is 5.26 Å². The lowest BCUT2D eigenvalue weighted by atomic mass is 10.0. The summed E-state index contributed by atoms with van der Waals surface area (Å²) in [5, 5.41) is 9.44. The van der Waals surface area contributed by atoms with Crippen molar-refractivity contribution in [1.29, 1.82) is 5.26 Å². The van der Waals surface area contributed by atoms with Crippen LogP contribution < -0.4 is 9.80 Å². The van der Waals surface area contributed by atoms with E-state index >= 15 is 0 Å². The molecule has 1 heterocycles. The van der Waals surface area contributed by atoms with Crippen LogP contribution in [0, 0.1) is 25.2 Å². The summed E-state index contributed by atoms with van der Waals surface area (Å²) >= 11 is 24.3. The first kappa shape index (κ1) is 34.7. The van der Waals surface area contributed by atoms with Gasteiger partial charge in [-0.05, 0) is 84.5 Å². The van der Waals surface area contributed by atoms with Gasteiger partial charge in [0.1, 0.15) is 0 Å². The van der Waals surface area contributed by atoms with E-state index in [1.807, 2.05) is 12.1 Å². The van der Waals surface area contributed by atoms with Crippen molar-refractivity contribution in [2.45, 2.75) is 39.5 Å². The second kappa shape index (κ2) is 17.5. The third-order valence-electron chi connectivity index (χ3n) is 8.47. The minimum atomic E-state index is 0.0858. The number of halogens is 4. The molecule has 0 unspecified atom stereocenters. The summed E-state index contributed by atoms with van der Waals surface area (Å²) in [5.41, 5.74) is 9.34. The summed E-state index contributed by atoms with van der Waals surface area (Å²) in [6.45, 7) is 11.1. The van der Waals surface area contributed by atoms with Crippen molar-refractivity contribution < 1.29 is 0 Å². The molecule has 5 nitrogen and oxygen atoms in total. The molecule has 9 heteroatoms. The Labute approximate surface area is 283 Å². The maximum absolute atomic E-state index is 9.44. The fourth-order valence-corrected chi connectivity index (χ4v) is 6.95. The van der Waals surface area contributed by atoms with Crippen molar-refractivity contribution >= 4 is 57.8 Å². The largest absolute Gasteiger partial charge is 0.369 e. The normalized spacial score (nSPS) is 14.5. The summed E-state index contributed by atoms with van der Waals surface area (Å²) < 4.78 is 0. The van der Waals surface area contributed by atoms with Gasteiger partial charge in [-0.3, -0.25) is 9.80 Å². The van der Waals surface area contributed by atoms with Gasteiger partial charge in [0, 0.05) is 87.3 Å². The van der Waals surface area contributed by atoms with Crippen LogP contribution in [-0.2, 0) is 13.1 Å². The number of hydrogen-bond donors (Lipinski definition) is 0. The van der Waals surface area contributed by atoms with Gasteiger partial charge < -0.3 is 9.80 Å². The SMILES string of the molecule is Cc1cc(N(CCCl)CCCl)ccc1CN1CCCN(Cc2ccc(N(CCCl)CCCl)cc2C)C1c1ccc(C#N)cc1. The first-order chi connectivity index (χ1) is 21.4. The Morgan fingerprint density at radius 3 is 1.48 bits per heavy atom. The van der Waals surface area contributed by atoms with Crippen LogP contribution >= 0.6 is 46.4 Å². The lowest BCUT2D eigenvalue weighted by Crippen LogP contribution is -2.47. The molecule has 0 N–H and O–H groups in total. The van der Waals surface area contributed by atoms with Crippen molar-refractivity contribution in [2.24, 2.45) is 0 Å². The third kappa shape index (κ3) is 8.97. The quantitative estimate of drug-likeness (QED) is 0.152. The summed E-state index contributed by atoms with van der Waals surface area (Å²) in [4.78, 5) is 9.65. The van der Waals surface area contributed by atoms with Gasteiger partial charge in [-0.25, -0.2) is 0 Å². The maximum Gasteiger partial charge on any atom is 0.0991 e. The molecule has 3 aromatic carbocycles. The Morgan fingerprint density at radius 2 is 1.11 bits per heavy atom. The monoisotopic (exact) mass is 673 g/mol. The molecule has 0 bridgehead atoms. The molecule has 0 aliphatic carbocycles. The first-order valence-corrected chi connectivity index (χ1v) is 17.5. The molecule has 1 aliphatic heterocycles. The Hall–Kier alpha value is -2.17. The van der Waals surface area contributed by atoms with E-state index in [2.05, 4.69) is 88.0 Å². The Morgan fingerprint density at radius 1 is 0.682 bits per heavy atom. The van der Waals surface area contributed by atoms with Gasteiger partial charge >= 0.3 is 0 Å². The summed E-state index contributed by atoms with van der Waals surface area (Å²) in [7, 11) is 0. The minimum absolute atomic E-state index is 0.0858. The lowest BCUT2D eigenvalue weighted by Gasteiger charge is -2.45. The van der Waals surface area contributed by atoms with Crippen LogP contribution in [0.3, 0.4) is 0 Å². The van der Waals surface area contributed by atoms with E-state index in [1.54, 1.807) is 0 Å². The molecule has 4 rings (SSSR count). The Balaban J connectivity index is 1.62. The number of aryl methyl sites for hydroxylation is 2. The van der Waals surface area contributed by atoms with Crippen LogP contribution in [0.25, 0.3) is 0 Å². The summed E-state index contributed by atoms with van der Waals surface area (Å²) in [6, 6.07) is 23.8. The zero-order valence-electron chi connectivity index (χ0n) is 25.8. The van der Waals surface area contributed by atoms with Crippen LogP contribution in [0.1, 0.15) is 46.0 Å². The second-order valence-electron chi connectivity index (χ2n) is 11.4. The van der Waals surface area contributed by atoms with Crippen LogP contribution in [0.15, 0.2) is 60.7 Å². The second-order valence-corrected chi connectivity index (χ2v) is 12.9. The molecule has 0 atom stereocenters. The van der Waals surface area contributed by atoms with Gasteiger partial charge in [0.15, 0.2) is 0 Å². The van der Waals surface area contributed by atoms with E-state index in [4.69, 9.17) is 46.4 Å². The highest BCUT2D eigenvalue weighted by Crippen LogP contribution is 2.34. The van der Waals surface area contributed by atoms with Crippen LogP contribution in [0.5, 0.6) is 0 Å². The van der Waals surface area contributed by atoms with E-state index < -0.39 is 0 Å². The maximum atomic E-state index is 9.44. The number of benzene rings is 3. The fraction of sp³-hybridized carbons (Fsp3) is 0.457. The molecule has 1 fully saturated rings.